The molecule has 7 heteroatoms. The molecule has 1 fully saturated rings. The molecule has 2 rings (SSSR count). The van der Waals surface area contributed by atoms with E-state index >= 15 is 0 Å². The van der Waals surface area contributed by atoms with Gasteiger partial charge in [0.2, 0.25) is 0 Å². The van der Waals surface area contributed by atoms with Gasteiger partial charge in [-0.3, -0.25) is 14.3 Å². The number of H-pyrrole nitrogens is 1. The van der Waals surface area contributed by atoms with Gasteiger partial charge in [-0.15, -0.1) is 0 Å². The monoisotopic (exact) mass is 379 g/mol. The summed E-state index contributed by atoms with van der Waals surface area (Å²) in [6.45, 7) is 11.7. The molecule has 0 saturated carbocycles. The maximum Gasteiger partial charge on any atom is 0.330 e. The Bertz CT molecular complexity index is 689. The van der Waals surface area contributed by atoms with Gasteiger partial charge in [-0.2, -0.15) is 0 Å². The van der Waals surface area contributed by atoms with Crippen LogP contribution in [0.3, 0.4) is 0 Å². The second-order valence-corrected chi connectivity index (χ2v) is 8.07. The van der Waals surface area contributed by atoms with E-state index in [4.69, 9.17) is 5.73 Å². The summed E-state index contributed by atoms with van der Waals surface area (Å²) >= 11 is 0. The molecule has 0 aliphatic carbocycles. The zero-order valence-electron chi connectivity index (χ0n) is 17.3. The molecule has 0 radical (unpaired) electrons. The van der Waals surface area contributed by atoms with Crippen molar-refractivity contribution < 1.29 is 0 Å². The van der Waals surface area contributed by atoms with Crippen LogP contribution in [0.2, 0.25) is 0 Å². The van der Waals surface area contributed by atoms with Gasteiger partial charge in [0.1, 0.15) is 11.5 Å². The summed E-state index contributed by atoms with van der Waals surface area (Å²) in [6, 6.07) is 0. The van der Waals surface area contributed by atoms with Crippen molar-refractivity contribution in [2.75, 3.05) is 43.4 Å². The Morgan fingerprint density at radius 2 is 1.81 bits per heavy atom. The summed E-state index contributed by atoms with van der Waals surface area (Å²) in [4.78, 5) is 31.9. The average molecular weight is 380 g/mol. The van der Waals surface area contributed by atoms with Crippen LogP contribution in [0.1, 0.15) is 59.3 Å². The van der Waals surface area contributed by atoms with E-state index in [0.717, 1.165) is 52.0 Å². The van der Waals surface area contributed by atoms with Crippen LogP contribution in [0.25, 0.3) is 0 Å². The number of piperidine rings is 1. The van der Waals surface area contributed by atoms with Gasteiger partial charge in [0.25, 0.3) is 5.56 Å². The molecular formula is C20H37N5O2. The number of nitrogens with two attached hydrogens (primary N) is 1. The molecule has 1 aromatic heterocycles. The highest BCUT2D eigenvalue weighted by atomic mass is 16.2. The Labute approximate surface area is 162 Å². The maximum absolute atomic E-state index is 12.6. The minimum absolute atomic E-state index is 0.305. The zero-order chi connectivity index (χ0) is 19.8. The number of anilines is 2. The number of hydrogen-bond donors (Lipinski definition) is 2. The topological polar surface area (TPSA) is 87.4 Å². The number of unbranched alkanes of at least 4 members (excludes halogenated alkanes) is 1. The molecular weight excluding hydrogens is 342 g/mol. The quantitative estimate of drug-likeness (QED) is 0.651. The fourth-order valence-corrected chi connectivity index (χ4v) is 3.62. The number of nitrogens with zero attached hydrogens (tertiary/aromatic N) is 3. The second-order valence-electron chi connectivity index (χ2n) is 8.07. The first-order valence-electron chi connectivity index (χ1n) is 10.5. The van der Waals surface area contributed by atoms with E-state index in [1.165, 1.54) is 23.8 Å². The van der Waals surface area contributed by atoms with Crippen molar-refractivity contribution in [3.05, 3.63) is 20.8 Å². The van der Waals surface area contributed by atoms with Gasteiger partial charge in [0.05, 0.1) is 0 Å². The fourth-order valence-electron chi connectivity index (χ4n) is 3.62. The fraction of sp³-hybridized carbons (Fsp3) is 0.800. The summed E-state index contributed by atoms with van der Waals surface area (Å²) in [6.07, 6.45) is 6.60. The summed E-state index contributed by atoms with van der Waals surface area (Å²) in [5.74, 6) is 0.841. The molecule has 0 spiro atoms. The van der Waals surface area contributed by atoms with Crippen molar-refractivity contribution in [2.24, 2.45) is 5.92 Å². The normalized spacial score (nSPS) is 15.4. The molecule has 1 saturated heterocycles. The van der Waals surface area contributed by atoms with Gasteiger partial charge in [0.15, 0.2) is 0 Å². The van der Waals surface area contributed by atoms with Crippen molar-refractivity contribution in [1.29, 1.82) is 0 Å². The van der Waals surface area contributed by atoms with E-state index in [9.17, 15) is 9.59 Å². The van der Waals surface area contributed by atoms with Crippen LogP contribution < -0.4 is 21.9 Å². The maximum atomic E-state index is 12.6. The van der Waals surface area contributed by atoms with Gasteiger partial charge in [-0.25, -0.2) is 4.79 Å². The lowest BCUT2D eigenvalue weighted by molar-refractivity contribution is 0.233. The third-order valence-electron chi connectivity index (χ3n) is 5.38. The zero-order valence-corrected chi connectivity index (χ0v) is 17.3. The molecule has 0 unspecified atom stereocenters. The van der Waals surface area contributed by atoms with E-state index in [0.29, 0.717) is 24.0 Å². The molecule has 1 aliphatic rings. The first-order valence-corrected chi connectivity index (χ1v) is 10.5. The molecule has 3 N–H and O–H groups in total. The number of nitrogen functional groups attached to an aromatic ring is 1. The van der Waals surface area contributed by atoms with Crippen LogP contribution in [0, 0.1) is 5.92 Å². The smallest absolute Gasteiger partial charge is 0.330 e. The number of aromatic amines is 1. The molecule has 154 valence electrons. The SMILES string of the molecule is CCCCn1c(N)c(N(CCC(C)C)CCN2CCCCC2)c(=O)[nH]c1=O. The van der Waals surface area contributed by atoms with E-state index in [2.05, 4.69) is 35.6 Å². The van der Waals surface area contributed by atoms with Crippen LogP contribution in [-0.2, 0) is 6.54 Å². The highest BCUT2D eigenvalue weighted by Gasteiger charge is 2.20. The van der Waals surface area contributed by atoms with E-state index < -0.39 is 5.69 Å². The number of rotatable bonds is 10. The summed E-state index contributed by atoms with van der Waals surface area (Å²) in [7, 11) is 0. The van der Waals surface area contributed by atoms with Crippen LogP contribution in [0.5, 0.6) is 0 Å². The van der Waals surface area contributed by atoms with Crippen LogP contribution in [0.4, 0.5) is 11.5 Å². The molecule has 27 heavy (non-hydrogen) atoms. The largest absolute Gasteiger partial charge is 0.383 e. The lowest BCUT2D eigenvalue weighted by Gasteiger charge is -2.32. The van der Waals surface area contributed by atoms with Gasteiger partial charge < -0.3 is 15.5 Å². The Hall–Kier alpha value is -1.76. The van der Waals surface area contributed by atoms with Crippen molar-refractivity contribution in [3.8, 4) is 0 Å². The summed E-state index contributed by atoms with van der Waals surface area (Å²) in [5, 5.41) is 0. The van der Waals surface area contributed by atoms with Gasteiger partial charge >= 0.3 is 5.69 Å². The lowest BCUT2D eigenvalue weighted by atomic mass is 10.1. The third kappa shape index (κ3) is 6.13. The van der Waals surface area contributed by atoms with Crippen LogP contribution >= 0.6 is 0 Å². The molecule has 7 nitrogen and oxygen atoms in total. The standard InChI is InChI=1S/C20H37N5O2/c1-4-5-12-25-18(21)17(19(26)22-20(25)27)24(13-9-16(2)3)15-14-23-10-7-6-8-11-23/h16H,4-15,21H2,1-3H3,(H,22,26,27). The third-order valence-corrected chi connectivity index (χ3v) is 5.38. The minimum Gasteiger partial charge on any atom is -0.383 e. The van der Waals surface area contributed by atoms with E-state index in [1.807, 2.05) is 0 Å². The molecule has 0 amide bonds. The molecule has 0 atom stereocenters. The van der Waals surface area contributed by atoms with Gasteiger partial charge in [-0.05, 0) is 44.7 Å². The van der Waals surface area contributed by atoms with Crippen molar-refractivity contribution in [1.82, 2.24) is 14.5 Å². The predicted octanol–water partition coefficient (Wildman–Crippen LogP) is 2.26. The lowest BCUT2D eigenvalue weighted by Crippen LogP contribution is -2.43. The highest BCUT2D eigenvalue weighted by molar-refractivity contribution is 5.62. The molecule has 2 heterocycles. The average Bonchev–Trinajstić information content (AvgIpc) is 2.63. The van der Waals surface area contributed by atoms with Crippen LogP contribution in [-0.4, -0.2) is 47.2 Å². The first kappa shape index (κ1) is 21.5. The summed E-state index contributed by atoms with van der Waals surface area (Å²) in [5.41, 5.74) is 6.02. The van der Waals surface area contributed by atoms with Crippen molar-refractivity contribution in [2.45, 2.75) is 65.8 Å². The Morgan fingerprint density at radius 1 is 1.11 bits per heavy atom. The minimum atomic E-state index is -0.408. The molecule has 1 aliphatic heterocycles. The molecule has 0 bridgehead atoms. The summed E-state index contributed by atoms with van der Waals surface area (Å²) < 4.78 is 1.52. The highest BCUT2D eigenvalue weighted by Crippen LogP contribution is 2.19. The van der Waals surface area contributed by atoms with Crippen LogP contribution in [0.15, 0.2) is 9.59 Å². The number of likely N-dealkylation sites (tertiary alicyclic amines) is 1. The molecule has 0 aromatic carbocycles. The van der Waals surface area contributed by atoms with E-state index in [1.54, 1.807) is 0 Å². The number of nitrogens with one attached hydrogen (secondary N) is 1. The van der Waals surface area contributed by atoms with Gasteiger partial charge in [0, 0.05) is 26.2 Å². The van der Waals surface area contributed by atoms with Gasteiger partial charge in [-0.1, -0.05) is 33.6 Å². The van der Waals surface area contributed by atoms with Crippen molar-refractivity contribution >= 4 is 11.5 Å². The first-order chi connectivity index (χ1) is 12.9. The number of hydrogen-bond acceptors (Lipinski definition) is 5. The Kier molecular flexibility index (Phi) is 8.41. The van der Waals surface area contributed by atoms with E-state index in [-0.39, 0.29) is 5.56 Å². The molecule has 1 aromatic rings. The predicted molar refractivity (Wildman–Crippen MR) is 113 cm³/mol. The Morgan fingerprint density at radius 3 is 2.44 bits per heavy atom. The second kappa shape index (κ2) is 10.5. The Balaban J connectivity index is 2.26. The van der Waals surface area contributed by atoms with Crippen molar-refractivity contribution in [3.63, 3.8) is 0 Å². The number of aromatic nitrogens is 2.